The number of thioether (sulfide) groups is 1. The highest BCUT2D eigenvalue weighted by Gasteiger charge is 2.02. The summed E-state index contributed by atoms with van der Waals surface area (Å²) in [6, 6.07) is 6.16. The third kappa shape index (κ3) is 4.34. The minimum atomic E-state index is 0.620. The third-order valence-corrected chi connectivity index (χ3v) is 3.46. The van der Waals surface area contributed by atoms with Crippen LogP contribution in [0.3, 0.4) is 0 Å². The van der Waals surface area contributed by atoms with Crippen molar-refractivity contribution in [1.82, 2.24) is 4.98 Å². The molecule has 1 unspecified atom stereocenters. The normalized spacial score (nSPS) is 12.8. The summed E-state index contributed by atoms with van der Waals surface area (Å²) in [6.07, 6.45) is 1.07. The fraction of sp³-hybridized carbons (Fsp3) is 0.545. The van der Waals surface area contributed by atoms with Gasteiger partial charge in [-0.2, -0.15) is 11.8 Å². The molecule has 0 spiro atoms. The van der Waals surface area contributed by atoms with Crippen molar-refractivity contribution in [2.24, 2.45) is 0 Å². The molecule has 0 radical (unpaired) electrons. The van der Waals surface area contributed by atoms with Gasteiger partial charge in [0, 0.05) is 22.6 Å². The van der Waals surface area contributed by atoms with Gasteiger partial charge in [-0.05, 0) is 25.5 Å². The van der Waals surface area contributed by atoms with Gasteiger partial charge in [-0.1, -0.05) is 13.0 Å². The molecule has 0 saturated heterocycles. The lowest BCUT2D eigenvalue weighted by Crippen LogP contribution is -1.98. The number of aromatic nitrogens is 1. The summed E-state index contributed by atoms with van der Waals surface area (Å²) in [7, 11) is 0. The Hall–Kier alpha value is -0.210. The largest absolute Gasteiger partial charge is 0.257 e. The van der Waals surface area contributed by atoms with Crippen LogP contribution in [0.15, 0.2) is 18.2 Å². The molecule has 0 aliphatic heterocycles. The Labute approximate surface area is 95.3 Å². The number of aryl methyl sites for hydroxylation is 1. The van der Waals surface area contributed by atoms with Gasteiger partial charge in [0.15, 0.2) is 0 Å². The molecule has 1 heterocycles. The van der Waals surface area contributed by atoms with Crippen molar-refractivity contribution in [3.05, 3.63) is 29.6 Å². The molecule has 0 amide bonds. The number of halogens is 1. The van der Waals surface area contributed by atoms with Crippen molar-refractivity contribution < 1.29 is 0 Å². The summed E-state index contributed by atoms with van der Waals surface area (Å²) >= 11 is 7.59. The Bertz CT molecular complexity index is 278. The van der Waals surface area contributed by atoms with E-state index in [2.05, 4.69) is 24.0 Å². The second-order valence-corrected chi connectivity index (χ2v) is 5.17. The van der Waals surface area contributed by atoms with Crippen molar-refractivity contribution in [3.8, 4) is 0 Å². The quantitative estimate of drug-likeness (QED) is 0.715. The van der Waals surface area contributed by atoms with E-state index in [-0.39, 0.29) is 0 Å². The number of rotatable bonds is 5. The number of hydrogen-bond acceptors (Lipinski definition) is 2. The molecule has 1 nitrogen and oxygen atoms in total. The topological polar surface area (TPSA) is 12.9 Å². The van der Waals surface area contributed by atoms with Crippen LogP contribution in [0.1, 0.15) is 24.7 Å². The Balaban J connectivity index is 2.37. The smallest absolute Gasteiger partial charge is 0.0505 e. The second kappa shape index (κ2) is 6.31. The lowest BCUT2D eigenvalue weighted by atomic mass is 10.3. The Morgan fingerprint density at radius 2 is 2.29 bits per heavy atom. The first-order valence-corrected chi connectivity index (χ1v) is 6.41. The molecular formula is C11H16ClNS. The monoisotopic (exact) mass is 229 g/mol. The van der Waals surface area contributed by atoms with Gasteiger partial charge in [-0.3, -0.25) is 4.98 Å². The molecule has 1 atom stereocenters. The van der Waals surface area contributed by atoms with Crippen LogP contribution in [-0.4, -0.2) is 16.1 Å². The summed E-state index contributed by atoms with van der Waals surface area (Å²) in [4.78, 5) is 4.45. The molecule has 0 aliphatic carbocycles. The lowest BCUT2D eigenvalue weighted by Gasteiger charge is -2.08. The summed E-state index contributed by atoms with van der Waals surface area (Å²) < 4.78 is 0. The van der Waals surface area contributed by atoms with E-state index in [1.54, 1.807) is 0 Å². The van der Waals surface area contributed by atoms with Crippen molar-refractivity contribution in [2.75, 3.05) is 5.88 Å². The average molecular weight is 230 g/mol. The highest BCUT2D eigenvalue weighted by atomic mass is 35.5. The summed E-state index contributed by atoms with van der Waals surface area (Å²) in [6.45, 7) is 4.24. The van der Waals surface area contributed by atoms with Crippen LogP contribution >= 0.6 is 23.4 Å². The SMILES string of the molecule is Cc1cccc(CSC(C)CCCl)n1. The van der Waals surface area contributed by atoms with Gasteiger partial charge in [-0.15, -0.1) is 11.6 Å². The molecule has 1 aromatic rings. The van der Waals surface area contributed by atoms with Crippen LogP contribution in [0.5, 0.6) is 0 Å². The predicted octanol–water partition coefficient (Wildman–Crippen LogP) is 3.64. The second-order valence-electron chi connectivity index (χ2n) is 3.37. The minimum Gasteiger partial charge on any atom is -0.257 e. The molecule has 0 bridgehead atoms. The Kier molecular flexibility index (Phi) is 5.34. The molecule has 0 saturated carbocycles. The fourth-order valence-corrected chi connectivity index (χ4v) is 2.50. The summed E-state index contributed by atoms with van der Waals surface area (Å²) in [5.74, 6) is 1.73. The van der Waals surface area contributed by atoms with E-state index >= 15 is 0 Å². The van der Waals surface area contributed by atoms with E-state index in [0.717, 1.165) is 29.4 Å². The van der Waals surface area contributed by atoms with E-state index < -0.39 is 0 Å². The number of hydrogen-bond donors (Lipinski definition) is 0. The zero-order chi connectivity index (χ0) is 10.4. The van der Waals surface area contributed by atoms with Crippen molar-refractivity contribution >= 4 is 23.4 Å². The summed E-state index contributed by atoms with van der Waals surface area (Å²) in [5.41, 5.74) is 2.25. The molecule has 0 fully saturated rings. The van der Waals surface area contributed by atoms with Crippen LogP contribution in [0, 0.1) is 6.92 Å². The molecule has 1 aromatic heterocycles. The summed E-state index contributed by atoms with van der Waals surface area (Å²) in [5, 5.41) is 0.620. The Morgan fingerprint density at radius 3 is 2.93 bits per heavy atom. The van der Waals surface area contributed by atoms with Gasteiger partial charge < -0.3 is 0 Å². The van der Waals surface area contributed by atoms with Crippen LogP contribution in [0.25, 0.3) is 0 Å². The zero-order valence-corrected chi connectivity index (χ0v) is 10.2. The number of alkyl halides is 1. The van der Waals surface area contributed by atoms with E-state index in [1.165, 1.54) is 0 Å². The van der Waals surface area contributed by atoms with Gasteiger partial charge in [0.2, 0.25) is 0 Å². The van der Waals surface area contributed by atoms with Crippen molar-refractivity contribution in [2.45, 2.75) is 31.3 Å². The first-order valence-electron chi connectivity index (χ1n) is 4.82. The average Bonchev–Trinajstić information content (AvgIpc) is 2.15. The third-order valence-electron chi connectivity index (χ3n) is 1.98. The first kappa shape index (κ1) is 11.9. The van der Waals surface area contributed by atoms with Gasteiger partial charge >= 0.3 is 0 Å². The van der Waals surface area contributed by atoms with E-state index in [9.17, 15) is 0 Å². The highest BCUT2D eigenvalue weighted by molar-refractivity contribution is 7.99. The molecule has 1 rings (SSSR count). The number of nitrogens with zero attached hydrogens (tertiary/aromatic N) is 1. The maximum Gasteiger partial charge on any atom is 0.0505 e. The van der Waals surface area contributed by atoms with Crippen molar-refractivity contribution in [3.63, 3.8) is 0 Å². The fourth-order valence-electron chi connectivity index (χ4n) is 1.14. The highest BCUT2D eigenvalue weighted by Crippen LogP contribution is 2.19. The van der Waals surface area contributed by atoms with E-state index in [1.807, 2.05) is 24.8 Å². The van der Waals surface area contributed by atoms with Gasteiger partial charge in [0.05, 0.1) is 5.69 Å². The molecule has 78 valence electrons. The maximum atomic E-state index is 5.67. The standard InChI is InChI=1S/C11H16ClNS/c1-9-4-3-5-11(13-9)8-14-10(2)6-7-12/h3-5,10H,6-8H2,1-2H3. The predicted molar refractivity (Wildman–Crippen MR) is 65.1 cm³/mol. The molecule has 0 N–H and O–H groups in total. The Morgan fingerprint density at radius 1 is 1.50 bits per heavy atom. The molecule has 0 aromatic carbocycles. The minimum absolute atomic E-state index is 0.620. The molecule has 3 heteroatoms. The zero-order valence-electron chi connectivity index (χ0n) is 8.66. The van der Waals surface area contributed by atoms with Crippen LogP contribution in [0.2, 0.25) is 0 Å². The van der Waals surface area contributed by atoms with Crippen LogP contribution in [0.4, 0.5) is 0 Å². The van der Waals surface area contributed by atoms with Crippen LogP contribution < -0.4 is 0 Å². The van der Waals surface area contributed by atoms with Gasteiger partial charge in [-0.25, -0.2) is 0 Å². The molecule has 0 aliphatic rings. The van der Waals surface area contributed by atoms with E-state index in [0.29, 0.717) is 5.25 Å². The van der Waals surface area contributed by atoms with Crippen LogP contribution in [-0.2, 0) is 5.75 Å². The number of pyridine rings is 1. The first-order chi connectivity index (χ1) is 6.72. The van der Waals surface area contributed by atoms with Gasteiger partial charge in [0.25, 0.3) is 0 Å². The van der Waals surface area contributed by atoms with Gasteiger partial charge in [0.1, 0.15) is 0 Å². The molecular weight excluding hydrogens is 214 g/mol. The molecule has 14 heavy (non-hydrogen) atoms. The van der Waals surface area contributed by atoms with Crippen molar-refractivity contribution in [1.29, 1.82) is 0 Å². The maximum absolute atomic E-state index is 5.67. The van der Waals surface area contributed by atoms with E-state index in [4.69, 9.17) is 11.6 Å². The lowest BCUT2D eigenvalue weighted by molar-refractivity contribution is 0.910.